The van der Waals surface area contributed by atoms with Gasteiger partial charge >= 0.3 is 0 Å². The van der Waals surface area contributed by atoms with Crippen LogP contribution in [0.25, 0.3) is 0 Å². The third-order valence-corrected chi connectivity index (χ3v) is 3.37. The zero-order valence-corrected chi connectivity index (χ0v) is 9.45. The van der Waals surface area contributed by atoms with E-state index in [9.17, 15) is 9.18 Å². The first-order valence-electron chi connectivity index (χ1n) is 5.82. The summed E-state index contributed by atoms with van der Waals surface area (Å²) in [4.78, 5) is 15.9. The van der Waals surface area contributed by atoms with Crippen LogP contribution < -0.4 is 0 Å². The molecular weight excluding hydrogens is 205 g/mol. The van der Waals surface area contributed by atoms with Gasteiger partial charge in [-0.3, -0.25) is 9.78 Å². The van der Waals surface area contributed by atoms with Crippen LogP contribution in [-0.4, -0.2) is 10.8 Å². The lowest BCUT2D eigenvalue weighted by atomic mass is 9.80. The highest BCUT2D eigenvalue weighted by molar-refractivity contribution is 5.96. The van der Waals surface area contributed by atoms with Gasteiger partial charge in [-0.1, -0.05) is 19.8 Å². The molecule has 0 aliphatic heterocycles. The lowest BCUT2D eigenvalue weighted by Crippen LogP contribution is -2.21. The zero-order chi connectivity index (χ0) is 11.5. The summed E-state index contributed by atoms with van der Waals surface area (Å²) in [6, 6.07) is 2.78. The van der Waals surface area contributed by atoms with Crippen LogP contribution in [0, 0.1) is 17.7 Å². The fourth-order valence-electron chi connectivity index (χ4n) is 2.25. The number of hydrogen-bond acceptors (Lipinski definition) is 2. The highest BCUT2D eigenvalue weighted by Crippen LogP contribution is 2.30. The molecular formula is C13H16FNO. The third kappa shape index (κ3) is 2.46. The Balaban J connectivity index is 2.05. The Bertz CT molecular complexity index is 366. The summed E-state index contributed by atoms with van der Waals surface area (Å²) >= 11 is 0. The van der Waals surface area contributed by atoms with Crippen molar-refractivity contribution >= 4 is 5.78 Å². The average molecular weight is 221 g/mol. The Kier molecular flexibility index (Phi) is 3.32. The fraction of sp³-hybridized carbons (Fsp3) is 0.538. The van der Waals surface area contributed by atoms with E-state index in [1.165, 1.54) is 12.1 Å². The number of Topliss-reactive ketones (excluding diaryl/α,β-unsaturated/α-hetero) is 1. The highest BCUT2D eigenvalue weighted by atomic mass is 19.1. The van der Waals surface area contributed by atoms with Crippen LogP contribution in [0.3, 0.4) is 0 Å². The van der Waals surface area contributed by atoms with Crippen LogP contribution >= 0.6 is 0 Å². The zero-order valence-electron chi connectivity index (χ0n) is 9.45. The minimum Gasteiger partial charge on any atom is -0.292 e. The van der Waals surface area contributed by atoms with Gasteiger partial charge in [-0.15, -0.1) is 0 Å². The molecule has 3 heteroatoms. The minimum absolute atomic E-state index is 0.0758. The van der Waals surface area contributed by atoms with Crippen molar-refractivity contribution in [3.05, 3.63) is 29.8 Å². The molecule has 0 amide bonds. The molecule has 2 nitrogen and oxygen atoms in total. The molecule has 1 saturated carbocycles. The van der Waals surface area contributed by atoms with E-state index in [2.05, 4.69) is 11.9 Å². The summed E-state index contributed by atoms with van der Waals surface area (Å²) in [5.74, 6) is 0.500. The first-order valence-corrected chi connectivity index (χ1v) is 5.82. The van der Waals surface area contributed by atoms with E-state index in [0.29, 0.717) is 5.69 Å². The fourth-order valence-corrected chi connectivity index (χ4v) is 2.25. The smallest absolute Gasteiger partial charge is 0.184 e. The molecule has 1 aliphatic carbocycles. The Morgan fingerprint density at radius 2 is 2.00 bits per heavy atom. The number of ketones is 1. The first kappa shape index (κ1) is 11.2. The maximum Gasteiger partial charge on any atom is 0.184 e. The van der Waals surface area contributed by atoms with Crippen molar-refractivity contribution in [2.24, 2.45) is 11.8 Å². The first-order chi connectivity index (χ1) is 7.66. The molecule has 1 aliphatic rings. The van der Waals surface area contributed by atoms with Gasteiger partial charge in [-0.05, 0) is 30.9 Å². The molecule has 1 aromatic rings. The second-order valence-electron chi connectivity index (χ2n) is 4.68. The largest absolute Gasteiger partial charge is 0.292 e. The van der Waals surface area contributed by atoms with Crippen molar-refractivity contribution in [2.75, 3.05) is 0 Å². The summed E-state index contributed by atoms with van der Waals surface area (Å²) in [6.07, 6.45) is 5.21. The topological polar surface area (TPSA) is 30.0 Å². The van der Waals surface area contributed by atoms with E-state index < -0.39 is 5.82 Å². The Morgan fingerprint density at radius 3 is 2.56 bits per heavy atom. The van der Waals surface area contributed by atoms with Crippen LogP contribution in [0.15, 0.2) is 18.3 Å². The summed E-state index contributed by atoms with van der Waals surface area (Å²) in [7, 11) is 0. The summed E-state index contributed by atoms with van der Waals surface area (Å²) < 4.78 is 12.7. The van der Waals surface area contributed by atoms with Gasteiger partial charge in [-0.2, -0.15) is 0 Å². The third-order valence-electron chi connectivity index (χ3n) is 3.37. The van der Waals surface area contributed by atoms with Crippen molar-refractivity contribution < 1.29 is 9.18 Å². The normalized spacial score (nSPS) is 25.4. The molecule has 0 aromatic carbocycles. The Hall–Kier alpha value is -1.25. The molecule has 1 fully saturated rings. The summed E-state index contributed by atoms with van der Waals surface area (Å²) in [5.41, 5.74) is 0.404. The van der Waals surface area contributed by atoms with Crippen LogP contribution in [-0.2, 0) is 0 Å². The van der Waals surface area contributed by atoms with Gasteiger partial charge in [0.05, 0.1) is 6.20 Å². The standard InChI is InChI=1S/C13H16FNO/c1-9-2-4-10(5-3-9)13(16)12-7-6-11(14)8-15-12/h6-10H,2-5H2,1H3. The van der Waals surface area contributed by atoms with Crippen molar-refractivity contribution in [3.8, 4) is 0 Å². The molecule has 0 spiro atoms. The van der Waals surface area contributed by atoms with Gasteiger partial charge in [0.15, 0.2) is 5.78 Å². The molecule has 0 bridgehead atoms. The van der Waals surface area contributed by atoms with E-state index in [0.717, 1.165) is 37.8 Å². The summed E-state index contributed by atoms with van der Waals surface area (Å²) in [5, 5.41) is 0. The van der Waals surface area contributed by atoms with E-state index in [-0.39, 0.29) is 11.7 Å². The second kappa shape index (κ2) is 4.73. The molecule has 2 rings (SSSR count). The van der Waals surface area contributed by atoms with E-state index >= 15 is 0 Å². The van der Waals surface area contributed by atoms with Crippen LogP contribution in [0.4, 0.5) is 4.39 Å². The van der Waals surface area contributed by atoms with Gasteiger partial charge < -0.3 is 0 Å². The molecule has 1 aromatic heterocycles. The van der Waals surface area contributed by atoms with Gasteiger partial charge in [-0.25, -0.2) is 4.39 Å². The van der Waals surface area contributed by atoms with E-state index in [1.54, 1.807) is 0 Å². The number of aromatic nitrogens is 1. The number of halogens is 1. The Labute approximate surface area is 94.9 Å². The van der Waals surface area contributed by atoms with Crippen molar-refractivity contribution in [3.63, 3.8) is 0 Å². The number of rotatable bonds is 2. The molecule has 0 N–H and O–H groups in total. The predicted octanol–water partition coefficient (Wildman–Crippen LogP) is 3.23. The summed E-state index contributed by atoms with van der Waals surface area (Å²) in [6.45, 7) is 2.22. The van der Waals surface area contributed by atoms with Crippen LogP contribution in [0.2, 0.25) is 0 Å². The number of carbonyl (C=O) groups is 1. The number of nitrogens with zero attached hydrogens (tertiary/aromatic N) is 1. The number of pyridine rings is 1. The van der Waals surface area contributed by atoms with E-state index in [4.69, 9.17) is 0 Å². The molecule has 0 radical (unpaired) electrons. The molecule has 0 saturated heterocycles. The average Bonchev–Trinajstić information content (AvgIpc) is 2.30. The monoisotopic (exact) mass is 221 g/mol. The quantitative estimate of drug-likeness (QED) is 0.718. The maximum absolute atomic E-state index is 12.7. The molecule has 0 atom stereocenters. The van der Waals surface area contributed by atoms with Gasteiger partial charge in [0.1, 0.15) is 11.5 Å². The Morgan fingerprint density at radius 1 is 1.31 bits per heavy atom. The highest BCUT2D eigenvalue weighted by Gasteiger charge is 2.25. The van der Waals surface area contributed by atoms with Crippen LogP contribution in [0.1, 0.15) is 43.1 Å². The number of hydrogen-bond donors (Lipinski definition) is 0. The second-order valence-corrected chi connectivity index (χ2v) is 4.68. The van der Waals surface area contributed by atoms with Gasteiger partial charge in [0.25, 0.3) is 0 Å². The molecule has 1 heterocycles. The predicted molar refractivity (Wildman–Crippen MR) is 59.6 cm³/mol. The lowest BCUT2D eigenvalue weighted by molar-refractivity contribution is 0.0870. The maximum atomic E-state index is 12.7. The molecule has 86 valence electrons. The number of carbonyl (C=O) groups excluding carboxylic acids is 1. The van der Waals surface area contributed by atoms with E-state index in [1.807, 2.05) is 0 Å². The van der Waals surface area contributed by atoms with Crippen molar-refractivity contribution in [1.82, 2.24) is 4.98 Å². The van der Waals surface area contributed by atoms with Crippen LogP contribution in [0.5, 0.6) is 0 Å². The van der Waals surface area contributed by atoms with Gasteiger partial charge in [0.2, 0.25) is 0 Å². The molecule has 16 heavy (non-hydrogen) atoms. The SMILES string of the molecule is CC1CCC(C(=O)c2ccc(F)cn2)CC1. The minimum atomic E-state index is -0.395. The van der Waals surface area contributed by atoms with Gasteiger partial charge in [0, 0.05) is 5.92 Å². The van der Waals surface area contributed by atoms with Crippen molar-refractivity contribution in [1.29, 1.82) is 0 Å². The molecule has 0 unspecified atom stereocenters. The van der Waals surface area contributed by atoms with Crippen molar-refractivity contribution in [2.45, 2.75) is 32.6 Å². The lowest BCUT2D eigenvalue weighted by Gasteiger charge is -2.24.